The van der Waals surface area contributed by atoms with Crippen LogP contribution in [0.15, 0.2) is 0 Å². The van der Waals surface area contributed by atoms with E-state index in [1.807, 2.05) is 0 Å². The van der Waals surface area contributed by atoms with Crippen LogP contribution < -0.4 is 0 Å². The maximum Gasteiger partial charge on any atom is 0.339 e. The zero-order valence-electron chi connectivity index (χ0n) is 9.75. The van der Waals surface area contributed by atoms with E-state index < -0.39 is 52.5 Å². The molecule has 0 radical (unpaired) electrons. The van der Waals surface area contributed by atoms with Crippen molar-refractivity contribution in [3.63, 3.8) is 0 Å². The Morgan fingerprint density at radius 3 is 1.63 bits per heavy atom. The van der Waals surface area contributed by atoms with Crippen molar-refractivity contribution >= 4 is 26.9 Å². The molecular formula is C7H15NO9P2. The van der Waals surface area contributed by atoms with E-state index in [0.717, 1.165) is 0 Å². The summed E-state index contributed by atoms with van der Waals surface area (Å²) in [4.78, 5) is 57.1. The van der Waals surface area contributed by atoms with Crippen molar-refractivity contribution in [3.05, 3.63) is 0 Å². The average Bonchev–Trinajstić information content (AvgIpc) is 2.08. The summed E-state index contributed by atoms with van der Waals surface area (Å²) in [7, 11) is -9.18. The molecule has 10 nitrogen and oxygen atoms in total. The van der Waals surface area contributed by atoms with Crippen molar-refractivity contribution in [2.45, 2.75) is 12.8 Å². The first-order chi connectivity index (χ1) is 8.39. The number of ketones is 1. The monoisotopic (exact) mass is 319 g/mol. The predicted octanol–water partition coefficient (Wildman–Crippen LogP) is -1.01. The highest BCUT2D eigenvalue weighted by Crippen LogP contribution is 2.40. The van der Waals surface area contributed by atoms with Crippen molar-refractivity contribution < 1.29 is 43.4 Å². The predicted molar refractivity (Wildman–Crippen MR) is 62.4 cm³/mol. The molecule has 12 heteroatoms. The minimum Gasteiger partial charge on any atom is -0.481 e. The van der Waals surface area contributed by atoms with Gasteiger partial charge in [-0.1, -0.05) is 0 Å². The molecular weight excluding hydrogens is 304 g/mol. The van der Waals surface area contributed by atoms with E-state index >= 15 is 0 Å². The van der Waals surface area contributed by atoms with Gasteiger partial charge in [0.25, 0.3) is 0 Å². The van der Waals surface area contributed by atoms with Gasteiger partial charge in [0.2, 0.25) is 0 Å². The molecule has 0 aliphatic carbocycles. The van der Waals surface area contributed by atoms with Crippen molar-refractivity contribution in [2.24, 2.45) is 0 Å². The lowest BCUT2D eigenvalue weighted by Crippen LogP contribution is -2.32. The number of carbonyl (C=O) groups is 2. The second-order valence-electron chi connectivity index (χ2n) is 3.87. The van der Waals surface area contributed by atoms with Gasteiger partial charge in [-0.2, -0.15) is 0 Å². The summed E-state index contributed by atoms with van der Waals surface area (Å²) < 4.78 is 21.5. The van der Waals surface area contributed by atoms with E-state index in [1.165, 1.54) is 0 Å². The summed E-state index contributed by atoms with van der Waals surface area (Å²) in [6.45, 7) is -0.635. The highest BCUT2D eigenvalue weighted by molar-refractivity contribution is 7.52. The lowest BCUT2D eigenvalue weighted by atomic mass is 10.2. The van der Waals surface area contributed by atoms with Gasteiger partial charge >= 0.3 is 21.2 Å². The highest BCUT2D eigenvalue weighted by Gasteiger charge is 2.27. The molecule has 0 rings (SSSR count). The van der Waals surface area contributed by atoms with E-state index in [0.29, 0.717) is 4.90 Å². The van der Waals surface area contributed by atoms with E-state index in [1.54, 1.807) is 0 Å². The maximum atomic E-state index is 11.3. The Morgan fingerprint density at radius 1 is 0.895 bits per heavy atom. The largest absolute Gasteiger partial charge is 0.481 e. The first kappa shape index (κ1) is 18.4. The molecule has 112 valence electrons. The topological polar surface area (TPSA) is 173 Å². The van der Waals surface area contributed by atoms with Crippen molar-refractivity contribution in [2.75, 3.05) is 19.1 Å². The second-order valence-corrected chi connectivity index (χ2v) is 7.10. The zero-order valence-corrected chi connectivity index (χ0v) is 11.5. The highest BCUT2D eigenvalue weighted by atomic mass is 31.2. The number of carboxylic acid groups (broad SMARTS) is 1. The number of carbonyl (C=O) groups excluding carboxylic acids is 1. The van der Waals surface area contributed by atoms with Gasteiger partial charge in [0, 0.05) is 6.42 Å². The molecule has 0 aliphatic heterocycles. The van der Waals surface area contributed by atoms with Crippen molar-refractivity contribution in [1.82, 2.24) is 4.90 Å². The van der Waals surface area contributed by atoms with E-state index in [9.17, 15) is 18.7 Å². The van der Waals surface area contributed by atoms with Crippen LogP contribution in [0.5, 0.6) is 0 Å². The third kappa shape index (κ3) is 12.2. The summed E-state index contributed by atoms with van der Waals surface area (Å²) in [5.74, 6) is -1.89. The molecule has 0 spiro atoms. The summed E-state index contributed by atoms with van der Waals surface area (Å²) in [5.41, 5.74) is 0. The van der Waals surface area contributed by atoms with Crippen LogP contribution in [0.25, 0.3) is 0 Å². The summed E-state index contributed by atoms with van der Waals surface area (Å²) in [6.07, 6.45) is -2.82. The fourth-order valence-corrected chi connectivity index (χ4v) is 2.84. The van der Waals surface area contributed by atoms with Crippen LogP contribution >= 0.6 is 15.2 Å². The molecule has 0 unspecified atom stereocenters. The minimum absolute atomic E-state index is 0.381. The first-order valence-corrected chi connectivity index (χ1v) is 8.53. The number of nitrogens with zero attached hydrogens (tertiary/aromatic N) is 1. The van der Waals surface area contributed by atoms with Crippen molar-refractivity contribution in [3.8, 4) is 0 Å². The Morgan fingerprint density at radius 2 is 1.32 bits per heavy atom. The quantitative estimate of drug-likeness (QED) is 0.331. The maximum absolute atomic E-state index is 11.3. The molecule has 0 bridgehead atoms. The molecule has 0 heterocycles. The number of rotatable bonds is 9. The Hall–Kier alpha value is -0.600. The van der Waals surface area contributed by atoms with Gasteiger partial charge in [0.15, 0.2) is 0 Å². The standard InChI is InChI=1S/C7H15NO9P2/c9-6(1-2-7(10)11)3-8(4-18(12,13)14)5-19(15,16)17/h1-5H2,(H,10,11)(H2,12,13,14)(H2,15,16,17). The molecule has 0 saturated carbocycles. The Labute approximate surface area is 108 Å². The van der Waals surface area contributed by atoms with E-state index in [-0.39, 0.29) is 6.42 Å². The average molecular weight is 319 g/mol. The molecule has 19 heavy (non-hydrogen) atoms. The van der Waals surface area contributed by atoms with Gasteiger partial charge in [0.05, 0.1) is 13.0 Å². The second kappa shape index (κ2) is 7.25. The van der Waals surface area contributed by atoms with Crippen LogP contribution in [0.1, 0.15) is 12.8 Å². The minimum atomic E-state index is -4.59. The van der Waals surface area contributed by atoms with Gasteiger partial charge < -0.3 is 24.7 Å². The smallest absolute Gasteiger partial charge is 0.339 e. The first-order valence-electron chi connectivity index (χ1n) is 4.94. The molecule has 5 N–H and O–H groups in total. The summed E-state index contributed by atoms with van der Waals surface area (Å²) >= 11 is 0. The number of aliphatic carboxylic acids is 1. The van der Waals surface area contributed by atoms with Crippen LogP contribution in [-0.4, -0.2) is 60.4 Å². The van der Waals surface area contributed by atoms with E-state index in [4.69, 9.17) is 24.7 Å². The van der Waals surface area contributed by atoms with Gasteiger partial charge in [-0.25, -0.2) is 0 Å². The number of carboxylic acids is 1. The van der Waals surface area contributed by atoms with Crippen molar-refractivity contribution in [1.29, 1.82) is 0 Å². The number of hydrogen-bond acceptors (Lipinski definition) is 5. The molecule has 0 aromatic carbocycles. The van der Waals surface area contributed by atoms with Gasteiger partial charge in [-0.15, -0.1) is 0 Å². The molecule has 0 amide bonds. The van der Waals surface area contributed by atoms with Gasteiger partial charge in [0.1, 0.15) is 18.4 Å². The Balaban J connectivity index is 4.58. The molecule has 0 aromatic rings. The molecule has 0 saturated heterocycles. The Kier molecular flexibility index (Phi) is 7.02. The fourth-order valence-electron chi connectivity index (χ4n) is 1.24. The van der Waals surface area contributed by atoms with Gasteiger partial charge in [-0.05, 0) is 0 Å². The van der Waals surface area contributed by atoms with Crippen LogP contribution in [0.4, 0.5) is 0 Å². The molecule has 0 fully saturated rings. The lowest BCUT2D eigenvalue weighted by molar-refractivity contribution is -0.138. The third-order valence-electron chi connectivity index (χ3n) is 1.79. The Bertz CT molecular complexity index is 400. The fraction of sp³-hybridized carbons (Fsp3) is 0.714. The number of hydrogen-bond donors (Lipinski definition) is 5. The number of Topliss-reactive ketones (excluding diaryl/α,β-unsaturated/α-hetero) is 1. The van der Waals surface area contributed by atoms with E-state index in [2.05, 4.69) is 0 Å². The van der Waals surface area contributed by atoms with Crippen LogP contribution in [-0.2, 0) is 18.7 Å². The van der Waals surface area contributed by atoms with Crippen LogP contribution in [0.2, 0.25) is 0 Å². The summed E-state index contributed by atoms with van der Waals surface area (Å²) in [6, 6.07) is 0. The molecule has 0 atom stereocenters. The summed E-state index contributed by atoms with van der Waals surface area (Å²) in [5, 5.41) is 8.35. The SMILES string of the molecule is O=C(O)CCC(=O)CN(CP(=O)(O)O)CP(=O)(O)O. The lowest BCUT2D eigenvalue weighted by Gasteiger charge is -2.22. The van der Waals surface area contributed by atoms with Crippen LogP contribution in [0, 0.1) is 0 Å². The third-order valence-corrected chi connectivity index (χ3v) is 3.32. The van der Waals surface area contributed by atoms with Gasteiger partial charge in [-0.3, -0.25) is 23.6 Å². The normalized spacial score (nSPS) is 12.7. The van der Waals surface area contributed by atoms with Crippen LogP contribution in [0.3, 0.4) is 0 Å². The zero-order chi connectivity index (χ0) is 15.3. The molecule has 0 aliphatic rings. The molecule has 0 aromatic heterocycles.